The van der Waals surface area contributed by atoms with E-state index >= 15 is 0 Å². The van der Waals surface area contributed by atoms with Crippen molar-refractivity contribution in [1.82, 2.24) is 15.0 Å². The molecule has 12 rings (SSSR count). The maximum absolute atomic E-state index is 5.44. The Balaban J connectivity index is 1.10. The van der Waals surface area contributed by atoms with E-state index in [0.717, 1.165) is 22.3 Å². The van der Waals surface area contributed by atoms with Crippen LogP contribution < -0.4 is 0 Å². The number of hydrogen-bond donors (Lipinski definition) is 0. The third-order valence-electron chi connectivity index (χ3n) is 11.9. The Morgan fingerprint density at radius 2 is 0.932 bits per heavy atom. The molecule has 59 heavy (non-hydrogen) atoms. The van der Waals surface area contributed by atoms with Crippen LogP contribution in [-0.2, 0) is 5.41 Å². The van der Waals surface area contributed by atoms with Crippen LogP contribution in [-0.4, -0.2) is 15.0 Å². The highest BCUT2D eigenvalue weighted by molar-refractivity contribution is 7.26. The van der Waals surface area contributed by atoms with Crippen molar-refractivity contribution in [1.29, 1.82) is 0 Å². The van der Waals surface area contributed by atoms with Crippen molar-refractivity contribution in [2.45, 2.75) is 5.41 Å². The highest BCUT2D eigenvalue weighted by Crippen LogP contribution is 2.58. The van der Waals surface area contributed by atoms with Crippen LogP contribution in [0.2, 0.25) is 0 Å². The first-order valence-corrected chi connectivity index (χ1v) is 21.5. The highest BCUT2D eigenvalue weighted by Gasteiger charge is 2.47. The molecule has 5 heteroatoms. The minimum absolute atomic E-state index is 0.533. The smallest absolute Gasteiger partial charge is 0.165 e. The van der Waals surface area contributed by atoms with E-state index in [4.69, 9.17) is 15.0 Å². The maximum atomic E-state index is 5.44. The van der Waals surface area contributed by atoms with Gasteiger partial charge in [-0.15, -0.1) is 22.7 Å². The van der Waals surface area contributed by atoms with Crippen LogP contribution in [0, 0.1) is 0 Å². The minimum Gasteiger partial charge on any atom is -0.208 e. The van der Waals surface area contributed by atoms with Gasteiger partial charge in [0, 0.05) is 46.4 Å². The van der Waals surface area contributed by atoms with Gasteiger partial charge in [-0.05, 0) is 68.6 Å². The Morgan fingerprint density at radius 1 is 0.373 bits per heavy atom. The molecule has 0 atom stereocenters. The van der Waals surface area contributed by atoms with Crippen LogP contribution in [0.1, 0.15) is 22.3 Å². The third-order valence-corrected chi connectivity index (χ3v) is 14.2. The molecule has 1 aliphatic carbocycles. The van der Waals surface area contributed by atoms with Gasteiger partial charge in [0.05, 0.1) is 5.41 Å². The average molecular weight is 788 g/mol. The van der Waals surface area contributed by atoms with Gasteiger partial charge in [-0.3, -0.25) is 0 Å². The average Bonchev–Trinajstić information content (AvgIpc) is 4.01. The highest BCUT2D eigenvalue weighted by atomic mass is 32.1. The first kappa shape index (κ1) is 34.0. The fourth-order valence-electron chi connectivity index (χ4n) is 9.26. The predicted molar refractivity (Wildman–Crippen MR) is 247 cm³/mol. The van der Waals surface area contributed by atoms with E-state index in [0.29, 0.717) is 17.5 Å². The molecule has 0 N–H and O–H groups in total. The van der Waals surface area contributed by atoms with Crippen molar-refractivity contribution < 1.29 is 0 Å². The lowest BCUT2D eigenvalue weighted by molar-refractivity contribution is 0.768. The summed E-state index contributed by atoms with van der Waals surface area (Å²) in [7, 11) is 0. The summed E-state index contributed by atoms with van der Waals surface area (Å²) in [5.74, 6) is 1.96. The SMILES string of the molecule is c1ccc(C2(c3ccccc3)c3ccccc3-c3c(-c4nc(-c5ccc(-c6cc7ccccc7s6)cc5)nc(-c5cccc6c5sc5ccccc56)n4)cccc32)cc1. The van der Waals surface area contributed by atoms with Gasteiger partial charge < -0.3 is 0 Å². The summed E-state index contributed by atoms with van der Waals surface area (Å²) < 4.78 is 3.71. The van der Waals surface area contributed by atoms with Gasteiger partial charge in [-0.2, -0.15) is 0 Å². The largest absolute Gasteiger partial charge is 0.208 e. The molecule has 0 bridgehead atoms. The number of thiophene rings is 2. The summed E-state index contributed by atoms with van der Waals surface area (Å²) in [6.07, 6.45) is 0. The van der Waals surface area contributed by atoms with Gasteiger partial charge in [-0.25, -0.2) is 15.0 Å². The van der Waals surface area contributed by atoms with Crippen LogP contribution in [0.4, 0.5) is 0 Å². The molecule has 3 heterocycles. The fourth-order valence-corrected chi connectivity index (χ4v) is 11.5. The Morgan fingerprint density at radius 3 is 1.71 bits per heavy atom. The second-order valence-electron chi connectivity index (χ2n) is 15.1. The molecular formula is C54H33N3S2. The molecule has 0 radical (unpaired) electrons. The Kier molecular flexibility index (Phi) is 7.80. The van der Waals surface area contributed by atoms with Gasteiger partial charge in [0.1, 0.15) is 0 Å². The van der Waals surface area contributed by atoms with E-state index in [-0.39, 0.29) is 0 Å². The van der Waals surface area contributed by atoms with Crippen molar-refractivity contribution in [3.63, 3.8) is 0 Å². The molecule has 0 amide bonds. The second kappa shape index (κ2) is 13.5. The summed E-state index contributed by atoms with van der Waals surface area (Å²) in [4.78, 5) is 17.4. The Labute approximate surface area is 349 Å². The lowest BCUT2D eigenvalue weighted by Crippen LogP contribution is -2.28. The van der Waals surface area contributed by atoms with E-state index in [1.807, 2.05) is 11.3 Å². The first-order valence-electron chi connectivity index (χ1n) is 19.8. The molecule has 0 fully saturated rings. The quantitative estimate of drug-likeness (QED) is 0.168. The number of benzene rings is 8. The van der Waals surface area contributed by atoms with E-state index in [1.165, 1.54) is 68.5 Å². The molecule has 0 saturated carbocycles. The zero-order chi connectivity index (χ0) is 38.9. The maximum Gasteiger partial charge on any atom is 0.165 e. The van der Waals surface area contributed by atoms with Crippen LogP contribution in [0.3, 0.4) is 0 Å². The normalized spacial score (nSPS) is 12.9. The number of rotatable bonds is 6. The molecular weight excluding hydrogens is 755 g/mol. The van der Waals surface area contributed by atoms with E-state index in [2.05, 4.69) is 200 Å². The monoisotopic (exact) mass is 787 g/mol. The Bertz CT molecular complexity index is 3310. The lowest BCUT2D eigenvalue weighted by atomic mass is 9.67. The third kappa shape index (κ3) is 5.29. The van der Waals surface area contributed by atoms with Crippen molar-refractivity contribution in [3.8, 4) is 55.7 Å². The van der Waals surface area contributed by atoms with E-state index in [9.17, 15) is 0 Å². The van der Waals surface area contributed by atoms with Gasteiger partial charge in [0.25, 0.3) is 0 Å². The summed E-state index contributed by atoms with van der Waals surface area (Å²) in [6, 6.07) is 72.0. The van der Waals surface area contributed by atoms with E-state index < -0.39 is 5.41 Å². The van der Waals surface area contributed by atoms with Gasteiger partial charge in [0.2, 0.25) is 0 Å². The molecule has 3 nitrogen and oxygen atoms in total. The van der Waals surface area contributed by atoms with Gasteiger partial charge >= 0.3 is 0 Å². The number of nitrogens with zero attached hydrogens (tertiary/aromatic N) is 3. The molecule has 0 unspecified atom stereocenters. The summed E-state index contributed by atoms with van der Waals surface area (Å²) >= 11 is 3.61. The zero-order valence-electron chi connectivity index (χ0n) is 31.7. The first-order chi connectivity index (χ1) is 29.2. The molecule has 8 aromatic carbocycles. The molecule has 11 aromatic rings. The lowest BCUT2D eigenvalue weighted by Gasteiger charge is -2.33. The van der Waals surface area contributed by atoms with Crippen LogP contribution in [0.25, 0.3) is 86.0 Å². The Hall–Kier alpha value is -7.05. The molecule has 1 aliphatic rings. The molecule has 0 aliphatic heterocycles. The standard InChI is InChI=1S/C54H33N3S2/c1-3-16-37(17-4-1)54(38-18-5-2-6-19-38)44-25-10-8-21-41(44)49-42(23-14-26-45(49)54)52-55-51(35-31-29-34(30-32-35)48-33-36-15-7-11-27-46(36)58-48)56-53(57-52)43-24-13-22-40-39-20-9-12-28-47(39)59-50(40)43/h1-33H. The van der Waals surface area contributed by atoms with Crippen LogP contribution in [0.15, 0.2) is 200 Å². The molecule has 3 aromatic heterocycles. The number of hydrogen-bond acceptors (Lipinski definition) is 5. The van der Waals surface area contributed by atoms with Crippen molar-refractivity contribution in [2.24, 2.45) is 0 Å². The second-order valence-corrected chi connectivity index (χ2v) is 17.2. The van der Waals surface area contributed by atoms with Crippen LogP contribution in [0.5, 0.6) is 0 Å². The summed E-state index contributed by atoms with van der Waals surface area (Å²) in [5.41, 5.74) is 10.8. The topological polar surface area (TPSA) is 38.7 Å². The molecule has 0 saturated heterocycles. The predicted octanol–water partition coefficient (Wildman–Crippen LogP) is 14.5. The fraction of sp³-hybridized carbons (Fsp3) is 0.0185. The zero-order valence-corrected chi connectivity index (χ0v) is 33.3. The molecule has 276 valence electrons. The van der Waals surface area contributed by atoms with E-state index in [1.54, 1.807) is 11.3 Å². The number of aromatic nitrogens is 3. The molecule has 0 spiro atoms. The van der Waals surface area contributed by atoms with Gasteiger partial charge in [-0.1, -0.05) is 176 Å². The summed E-state index contributed by atoms with van der Waals surface area (Å²) in [5, 5.41) is 3.72. The summed E-state index contributed by atoms with van der Waals surface area (Å²) in [6.45, 7) is 0. The van der Waals surface area contributed by atoms with Gasteiger partial charge in [0.15, 0.2) is 17.5 Å². The van der Waals surface area contributed by atoms with Crippen LogP contribution >= 0.6 is 22.7 Å². The number of fused-ring (bicyclic) bond motifs is 7. The van der Waals surface area contributed by atoms with Crippen molar-refractivity contribution >= 4 is 52.9 Å². The van der Waals surface area contributed by atoms with Crippen molar-refractivity contribution in [3.05, 3.63) is 222 Å². The van der Waals surface area contributed by atoms with Crippen molar-refractivity contribution in [2.75, 3.05) is 0 Å². The minimum atomic E-state index is -0.533.